The second-order valence-electron chi connectivity index (χ2n) is 3.73. The summed E-state index contributed by atoms with van der Waals surface area (Å²) in [6, 6.07) is 15.6. The van der Waals surface area contributed by atoms with E-state index in [1.807, 2.05) is 49.4 Å². The van der Waals surface area contributed by atoms with Crippen LogP contribution in [0.3, 0.4) is 0 Å². The summed E-state index contributed by atoms with van der Waals surface area (Å²) in [5, 5.41) is 9.03. The standard InChI is InChI=1S/C14H12N2/c1-10-8-11(6-7-14(10)16)13-5-3-2-4-12(13)9-15/h2-8H,16H2,1H3. The molecule has 0 bridgehead atoms. The van der Waals surface area contributed by atoms with E-state index in [1.165, 1.54) is 0 Å². The van der Waals surface area contributed by atoms with Gasteiger partial charge < -0.3 is 5.73 Å². The summed E-state index contributed by atoms with van der Waals surface area (Å²) in [5.41, 5.74) is 10.3. The Hall–Kier alpha value is -2.27. The van der Waals surface area contributed by atoms with Crippen LogP contribution in [0.15, 0.2) is 42.5 Å². The molecule has 16 heavy (non-hydrogen) atoms. The Balaban J connectivity index is 2.60. The summed E-state index contributed by atoms with van der Waals surface area (Å²) < 4.78 is 0. The summed E-state index contributed by atoms with van der Waals surface area (Å²) in [5.74, 6) is 0. The largest absolute Gasteiger partial charge is 0.399 e. The summed E-state index contributed by atoms with van der Waals surface area (Å²) in [6.45, 7) is 1.97. The van der Waals surface area contributed by atoms with Gasteiger partial charge in [0, 0.05) is 5.69 Å². The van der Waals surface area contributed by atoms with E-state index in [9.17, 15) is 0 Å². The van der Waals surface area contributed by atoms with Crippen LogP contribution in [0, 0.1) is 18.3 Å². The monoisotopic (exact) mass is 208 g/mol. The van der Waals surface area contributed by atoms with Gasteiger partial charge >= 0.3 is 0 Å². The summed E-state index contributed by atoms with van der Waals surface area (Å²) in [6.07, 6.45) is 0. The van der Waals surface area contributed by atoms with Crippen molar-refractivity contribution in [2.75, 3.05) is 5.73 Å². The molecule has 0 fully saturated rings. The Kier molecular flexibility index (Phi) is 2.61. The first-order valence-corrected chi connectivity index (χ1v) is 5.08. The average Bonchev–Trinajstić information content (AvgIpc) is 2.32. The third kappa shape index (κ3) is 1.76. The quantitative estimate of drug-likeness (QED) is 0.732. The highest BCUT2D eigenvalue weighted by molar-refractivity contribution is 5.72. The van der Waals surface area contributed by atoms with Gasteiger partial charge in [-0.05, 0) is 41.8 Å². The summed E-state index contributed by atoms with van der Waals surface area (Å²) >= 11 is 0. The number of rotatable bonds is 1. The van der Waals surface area contributed by atoms with E-state index in [1.54, 1.807) is 0 Å². The van der Waals surface area contributed by atoms with Crippen LogP contribution in [0.1, 0.15) is 11.1 Å². The maximum Gasteiger partial charge on any atom is 0.0998 e. The molecule has 2 nitrogen and oxygen atoms in total. The molecule has 0 spiro atoms. The van der Waals surface area contributed by atoms with Gasteiger partial charge in [-0.1, -0.05) is 24.3 Å². The lowest BCUT2D eigenvalue weighted by Crippen LogP contribution is -1.90. The first-order valence-electron chi connectivity index (χ1n) is 5.08. The van der Waals surface area contributed by atoms with Gasteiger partial charge in [-0.15, -0.1) is 0 Å². The van der Waals surface area contributed by atoms with Crippen molar-refractivity contribution in [2.24, 2.45) is 0 Å². The van der Waals surface area contributed by atoms with Crippen molar-refractivity contribution < 1.29 is 0 Å². The van der Waals surface area contributed by atoms with E-state index < -0.39 is 0 Å². The van der Waals surface area contributed by atoms with Crippen molar-refractivity contribution in [1.82, 2.24) is 0 Å². The van der Waals surface area contributed by atoms with E-state index in [0.717, 1.165) is 22.4 Å². The number of anilines is 1. The van der Waals surface area contributed by atoms with Crippen LogP contribution in [-0.2, 0) is 0 Å². The lowest BCUT2D eigenvalue weighted by Gasteiger charge is -2.06. The van der Waals surface area contributed by atoms with Gasteiger partial charge in [0.1, 0.15) is 0 Å². The normalized spacial score (nSPS) is 9.75. The molecule has 0 saturated carbocycles. The fraction of sp³-hybridized carbons (Fsp3) is 0.0714. The number of benzene rings is 2. The van der Waals surface area contributed by atoms with Gasteiger partial charge in [-0.3, -0.25) is 0 Å². The van der Waals surface area contributed by atoms with Crippen LogP contribution < -0.4 is 5.73 Å². The molecule has 0 heterocycles. The number of hydrogen-bond donors (Lipinski definition) is 1. The molecule has 2 heteroatoms. The number of hydrogen-bond acceptors (Lipinski definition) is 2. The third-order valence-corrected chi connectivity index (χ3v) is 2.63. The maximum absolute atomic E-state index is 9.03. The summed E-state index contributed by atoms with van der Waals surface area (Å²) in [7, 11) is 0. The second kappa shape index (κ2) is 4.08. The zero-order valence-corrected chi connectivity index (χ0v) is 9.07. The SMILES string of the molecule is Cc1cc(-c2ccccc2C#N)ccc1N. The van der Waals surface area contributed by atoms with Crippen LogP contribution in [0.2, 0.25) is 0 Å². The minimum atomic E-state index is 0.687. The zero-order valence-electron chi connectivity index (χ0n) is 9.07. The molecule has 2 aromatic rings. The molecule has 2 N–H and O–H groups in total. The lowest BCUT2D eigenvalue weighted by atomic mass is 9.98. The molecule has 0 aliphatic rings. The van der Waals surface area contributed by atoms with Crippen LogP contribution >= 0.6 is 0 Å². The molecule has 0 unspecified atom stereocenters. The molecule has 2 rings (SSSR count). The number of nitriles is 1. The number of nitrogen functional groups attached to an aromatic ring is 1. The molecular formula is C14H12N2. The highest BCUT2D eigenvalue weighted by Gasteiger charge is 2.04. The minimum Gasteiger partial charge on any atom is -0.399 e. The minimum absolute atomic E-state index is 0.687. The van der Waals surface area contributed by atoms with E-state index in [-0.39, 0.29) is 0 Å². The van der Waals surface area contributed by atoms with Gasteiger partial charge in [0.05, 0.1) is 11.6 Å². The topological polar surface area (TPSA) is 49.8 Å². The third-order valence-electron chi connectivity index (χ3n) is 2.63. The zero-order chi connectivity index (χ0) is 11.5. The Morgan fingerprint density at radius 1 is 1.12 bits per heavy atom. The Morgan fingerprint density at radius 3 is 2.56 bits per heavy atom. The number of nitrogens with zero attached hydrogens (tertiary/aromatic N) is 1. The Morgan fingerprint density at radius 2 is 1.88 bits per heavy atom. The molecule has 0 aliphatic heterocycles. The van der Waals surface area contributed by atoms with Crippen molar-refractivity contribution in [1.29, 1.82) is 5.26 Å². The van der Waals surface area contributed by atoms with Gasteiger partial charge in [0.15, 0.2) is 0 Å². The number of nitrogens with two attached hydrogens (primary N) is 1. The fourth-order valence-electron chi connectivity index (χ4n) is 1.68. The predicted octanol–water partition coefficient (Wildman–Crippen LogP) is 3.12. The lowest BCUT2D eigenvalue weighted by molar-refractivity contribution is 1.44. The van der Waals surface area contributed by atoms with Crippen LogP contribution in [-0.4, -0.2) is 0 Å². The van der Waals surface area contributed by atoms with Gasteiger partial charge in [0.2, 0.25) is 0 Å². The second-order valence-corrected chi connectivity index (χ2v) is 3.73. The molecule has 0 atom stereocenters. The number of aryl methyl sites for hydroxylation is 1. The van der Waals surface area contributed by atoms with Crippen molar-refractivity contribution in [2.45, 2.75) is 6.92 Å². The van der Waals surface area contributed by atoms with E-state index in [4.69, 9.17) is 11.0 Å². The average molecular weight is 208 g/mol. The molecular weight excluding hydrogens is 196 g/mol. The van der Waals surface area contributed by atoms with Crippen molar-refractivity contribution in [3.05, 3.63) is 53.6 Å². The molecule has 78 valence electrons. The highest BCUT2D eigenvalue weighted by atomic mass is 14.5. The molecule has 0 saturated heterocycles. The Bertz CT molecular complexity index is 565. The molecule has 2 aromatic carbocycles. The molecule has 0 aromatic heterocycles. The molecule has 0 radical (unpaired) electrons. The first-order chi connectivity index (χ1) is 7.72. The van der Waals surface area contributed by atoms with Gasteiger partial charge in [-0.2, -0.15) is 5.26 Å². The van der Waals surface area contributed by atoms with E-state index in [2.05, 4.69) is 6.07 Å². The fourth-order valence-corrected chi connectivity index (χ4v) is 1.68. The maximum atomic E-state index is 9.03. The van der Waals surface area contributed by atoms with Crippen molar-refractivity contribution in [3.8, 4) is 17.2 Å². The highest BCUT2D eigenvalue weighted by Crippen LogP contribution is 2.25. The summed E-state index contributed by atoms with van der Waals surface area (Å²) in [4.78, 5) is 0. The van der Waals surface area contributed by atoms with Gasteiger partial charge in [0.25, 0.3) is 0 Å². The molecule has 0 amide bonds. The van der Waals surface area contributed by atoms with Crippen LogP contribution in [0.25, 0.3) is 11.1 Å². The smallest absolute Gasteiger partial charge is 0.0998 e. The van der Waals surface area contributed by atoms with E-state index >= 15 is 0 Å². The van der Waals surface area contributed by atoms with Gasteiger partial charge in [-0.25, -0.2) is 0 Å². The van der Waals surface area contributed by atoms with Crippen molar-refractivity contribution in [3.63, 3.8) is 0 Å². The van der Waals surface area contributed by atoms with E-state index in [0.29, 0.717) is 5.56 Å². The molecule has 0 aliphatic carbocycles. The van der Waals surface area contributed by atoms with Crippen molar-refractivity contribution >= 4 is 5.69 Å². The predicted molar refractivity (Wildman–Crippen MR) is 65.7 cm³/mol. The van der Waals surface area contributed by atoms with Crippen LogP contribution in [0.4, 0.5) is 5.69 Å². The first kappa shape index (κ1) is 10.3. The van der Waals surface area contributed by atoms with Crippen LogP contribution in [0.5, 0.6) is 0 Å². The Labute approximate surface area is 95.0 Å².